The van der Waals surface area contributed by atoms with Crippen molar-refractivity contribution in [1.29, 1.82) is 0 Å². The lowest BCUT2D eigenvalue weighted by atomic mass is 10.2. The van der Waals surface area contributed by atoms with Gasteiger partial charge in [0.1, 0.15) is 5.75 Å². The summed E-state index contributed by atoms with van der Waals surface area (Å²) >= 11 is 0. The Bertz CT molecular complexity index is 721. The predicted octanol–water partition coefficient (Wildman–Crippen LogP) is 0.978. The normalized spacial score (nSPS) is 14.4. The van der Waals surface area contributed by atoms with Crippen molar-refractivity contribution in [3.05, 3.63) is 30.2 Å². The summed E-state index contributed by atoms with van der Waals surface area (Å²) in [6.07, 6.45) is 1.53. The number of ether oxygens (including phenoxy) is 1. The first-order chi connectivity index (χ1) is 12.2. The smallest absolute Gasteiger partial charge is 0.227 e. The maximum absolute atomic E-state index is 12.2. The maximum Gasteiger partial charge on any atom is 0.227 e. The van der Waals surface area contributed by atoms with Crippen molar-refractivity contribution in [3.63, 3.8) is 0 Å². The highest BCUT2D eigenvalue weighted by atomic mass is 16.5. The lowest BCUT2D eigenvalue weighted by Crippen LogP contribution is -2.48. The standard InChI is InChI=1S/C17H20N4O4/c1-24-14-4-2-13(3-5-14)17-18-15(25-19-17)6-7-16(23)21-10-8-20(12-22)9-11-21/h2-5,12H,6-11H2,1H3. The minimum atomic E-state index is 0.0368. The number of methoxy groups -OCH3 is 1. The quantitative estimate of drug-likeness (QED) is 0.726. The minimum Gasteiger partial charge on any atom is -0.497 e. The van der Waals surface area contributed by atoms with Crippen LogP contribution in [0, 0.1) is 0 Å². The molecule has 1 aliphatic heterocycles. The van der Waals surface area contributed by atoms with Crippen LogP contribution in [0.15, 0.2) is 28.8 Å². The van der Waals surface area contributed by atoms with Gasteiger partial charge in [-0.25, -0.2) is 0 Å². The highest BCUT2D eigenvalue weighted by molar-refractivity contribution is 5.76. The third-order valence-electron chi connectivity index (χ3n) is 4.19. The molecule has 0 atom stereocenters. The number of hydrogen-bond acceptors (Lipinski definition) is 6. The number of amides is 2. The fourth-order valence-electron chi connectivity index (χ4n) is 2.66. The van der Waals surface area contributed by atoms with E-state index < -0.39 is 0 Å². The van der Waals surface area contributed by atoms with Gasteiger partial charge in [-0.15, -0.1) is 0 Å². The number of rotatable bonds is 6. The van der Waals surface area contributed by atoms with Gasteiger partial charge >= 0.3 is 0 Å². The third-order valence-corrected chi connectivity index (χ3v) is 4.19. The Kier molecular flexibility index (Phi) is 5.27. The Morgan fingerprint density at radius 1 is 1.24 bits per heavy atom. The molecule has 2 heterocycles. The molecule has 3 rings (SSSR count). The summed E-state index contributed by atoms with van der Waals surface area (Å²) in [5, 5.41) is 3.96. The van der Waals surface area contributed by atoms with E-state index in [0.29, 0.717) is 50.7 Å². The first-order valence-electron chi connectivity index (χ1n) is 8.13. The summed E-state index contributed by atoms with van der Waals surface area (Å²) < 4.78 is 10.3. The van der Waals surface area contributed by atoms with E-state index in [1.54, 1.807) is 16.9 Å². The molecular formula is C17H20N4O4. The molecule has 1 aromatic heterocycles. The number of aryl methyl sites for hydroxylation is 1. The molecule has 1 aliphatic rings. The summed E-state index contributed by atoms with van der Waals surface area (Å²) in [6, 6.07) is 7.36. The van der Waals surface area contributed by atoms with Crippen LogP contribution in [0.5, 0.6) is 5.75 Å². The first kappa shape index (κ1) is 16.9. The summed E-state index contributed by atoms with van der Waals surface area (Å²) in [6.45, 7) is 2.30. The largest absolute Gasteiger partial charge is 0.497 e. The monoisotopic (exact) mass is 344 g/mol. The Hall–Kier alpha value is -2.90. The van der Waals surface area contributed by atoms with Crippen LogP contribution in [-0.4, -0.2) is 65.5 Å². The van der Waals surface area contributed by atoms with Gasteiger partial charge in [0.25, 0.3) is 0 Å². The highest BCUT2D eigenvalue weighted by Crippen LogP contribution is 2.20. The van der Waals surface area contributed by atoms with Gasteiger partial charge in [-0.05, 0) is 24.3 Å². The number of carbonyl (C=O) groups is 2. The number of hydrogen-bond donors (Lipinski definition) is 0. The van der Waals surface area contributed by atoms with Crippen LogP contribution in [0.4, 0.5) is 0 Å². The predicted molar refractivity (Wildman–Crippen MR) is 88.8 cm³/mol. The zero-order chi connectivity index (χ0) is 17.6. The number of piperazine rings is 1. The van der Waals surface area contributed by atoms with Crippen LogP contribution in [0.3, 0.4) is 0 Å². The molecular weight excluding hydrogens is 324 g/mol. The average Bonchev–Trinajstić information content (AvgIpc) is 3.15. The molecule has 0 spiro atoms. The second-order valence-corrected chi connectivity index (χ2v) is 5.76. The average molecular weight is 344 g/mol. The van der Waals surface area contributed by atoms with Crippen molar-refractivity contribution in [3.8, 4) is 17.1 Å². The van der Waals surface area contributed by atoms with E-state index in [9.17, 15) is 9.59 Å². The molecule has 0 unspecified atom stereocenters. The summed E-state index contributed by atoms with van der Waals surface area (Å²) in [4.78, 5) is 30.7. The molecule has 0 N–H and O–H groups in total. The summed E-state index contributed by atoms with van der Waals surface area (Å²) in [5.74, 6) is 1.72. The molecule has 0 aliphatic carbocycles. The fraction of sp³-hybridized carbons (Fsp3) is 0.412. The van der Waals surface area contributed by atoms with Gasteiger partial charge in [0.05, 0.1) is 7.11 Å². The summed E-state index contributed by atoms with van der Waals surface area (Å²) in [7, 11) is 1.61. The molecule has 2 aromatic rings. The van der Waals surface area contributed by atoms with Crippen LogP contribution in [0.2, 0.25) is 0 Å². The van der Waals surface area contributed by atoms with Crippen LogP contribution in [-0.2, 0) is 16.0 Å². The Morgan fingerprint density at radius 3 is 2.60 bits per heavy atom. The topological polar surface area (TPSA) is 88.8 Å². The van der Waals surface area contributed by atoms with E-state index in [4.69, 9.17) is 9.26 Å². The molecule has 0 saturated carbocycles. The Morgan fingerprint density at radius 2 is 1.96 bits per heavy atom. The van der Waals surface area contributed by atoms with Gasteiger partial charge in [0, 0.05) is 44.6 Å². The van der Waals surface area contributed by atoms with Crippen molar-refractivity contribution < 1.29 is 18.8 Å². The first-order valence-corrected chi connectivity index (χ1v) is 8.13. The SMILES string of the molecule is COc1ccc(-c2noc(CCC(=O)N3CCN(C=O)CC3)n2)cc1. The van der Waals surface area contributed by atoms with Crippen LogP contribution in [0.25, 0.3) is 11.4 Å². The summed E-state index contributed by atoms with van der Waals surface area (Å²) in [5.41, 5.74) is 0.826. The molecule has 2 amide bonds. The maximum atomic E-state index is 12.2. The number of nitrogens with zero attached hydrogens (tertiary/aromatic N) is 4. The van der Waals surface area contributed by atoms with Crippen LogP contribution < -0.4 is 4.74 Å². The number of aromatic nitrogens is 2. The van der Waals surface area contributed by atoms with E-state index >= 15 is 0 Å². The lowest BCUT2D eigenvalue weighted by Gasteiger charge is -2.32. The molecule has 1 aromatic carbocycles. The van der Waals surface area contributed by atoms with Gasteiger partial charge in [0.15, 0.2) is 0 Å². The van der Waals surface area contributed by atoms with Gasteiger partial charge < -0.3 is 19.1 Å². The lowest BCUT2D eigenvalue weighted by molar-refractivity contribution is -0.135. The van der Waals surface area contributed by atoms with Crippen molar-refractivity contribution in [2.24, 2.45) is 0 Å². The van der Waals surface area contributed by atoms with Crippen molar-refractivity contribution in [2.75, 3.05) is 33.3 Å². The zero-order valence-corrected chi connectivity index (χ0v) is 14.1. The van der Waals surface area contributed by atoms with Crippen molar-refractivity contribution in [1.82, 2.24) is 19.9 Å². The van der Waals surface area contributed by atoms with E-state index in [-0.39, 0.29) is 5.91 Å². The molecule has 8 heteroatoms. The molecule has 25 heavy (non-hydrogen) atoms. The Labute approximate surface area is 145 Å². The van der Waals surface area contributed by atoms with Crippen LogP contribution >= 0.6 is 0 Å². The minimum absolute atomic E-state index is 0.0368. The van der Waals surface area contributed by atoms with E-state index in [1.807, 2.05) is 24.3 Å². The van der Waals surface area contributed by atoms with Gasteiger partial charge in [0.2, 0.25) is 24.0 Å². The van der Waals surface area contributed by atoms with Crippen molar-refractivity contribution in [2.45, 2.75) is 12.8 Å². The Balaban J connectivity index is 1.53. The van der Waals surface area contributed by atoms with Gasteiger partial charge in [-0.2, -0.15) is 4.98 Å². The van der Waals surface area contributed by atoms with Gasteiger partial charge in [-0.1, -0.05) is 5.16 Å². The van der Waals surface area contributed by atoms with Crippen LogP contribution in [0.1, 0.15) is 12.3 Å². The van der Waals surface area contributed by atoms with E-state index in [1.165, 1.54) is 0 Å². The van der Waals surface area contributed by atoms with E-state index in [2.05, 4.69) is 10.1 Å². The molecule has 0 radical (unpaired) electrons. The molecule has 1 fully saturated rings. The molecule has 132 valence electrons. The molecule has 0 bridgehead atoms. The van der Waals surface area contributed by atoms with Crippen molar-refractivity contribution >= 4 is 12.3 Å². The molecule has 8 nitrogen and oxygen atoms in total. The molecule has 1 saturated heterocycles. The third kappa shape index (κ3) is 4.14. The fourth-order valence-corrected chi connectivity index (χ4v) is 2.66. The highest BCUT2D eigenvalue weighted by Gasteiger charge is 2.20. The number of benzene rings is 1. The number of carbonyl (C=O) groups excluding carboxylic acids is 2. The second-order valence-electron chi connectivity index (χ2n) is 5.76. The zero-order valence-electron chi connectivity index (χ0n) is 14.1. The second kappa shape index (κ2) is 7.78. The van der Waals surface area contributed by atoms with Gasteiger partial charge in [-0.3, -0.25) is 9.59 Å². The van der Waals surface area contributed by atoms with E-state index in [0.717, 1.165) is 17.7 Å².